The number of nitrogens with zero attached hydrogens (tertiary/aromatic N) is 5. The van der Waals surface area contributed by atoms with Crippen molar-refractivity contribution in [2.24, 2.45) is 5.10 Å². The fourth-order valence-corrected chi connectivity index (χ4v) is 3.97. The second-order valence-electron chi connectivity index (χ2n) is 7.70. The van der Waals surface area contributed by atoms with E-state index in [0.29, 0.717) is 51.7 Å². The van der Waals surface area contributed by atoms with Crippen LogP contribution < -0.4 is 11.0 Å². The number of aryl methyl sites for hydroxylation is 2. The number of carbonyl (C=O) groups excluding carboxylic acids is 1. The number of hydrazone groups is 1. The van der Waals surface area contributed by atoms with Crippen LogP contribution in [0.15, 0.2) is 58.4 Å². The molecule has 0 saturated carbocycles. The minimum absolute atomic E-state index is 0.127. The predicted molar refractivity (Wildman–Crippen MR) is 134 cm³/mol. The monoisotopic (exact) mass is 496 g/mol. The molecule has 34 heavy (non-hydrogen) atoms. The second kappa shape index (κ2) is 10.2. The first-order valence-corrected chi connectivity index (χ1v) is 11.4. The standard InChI is InChI=1S/C24H22Cl2N6O2/c1-3-12-31-24(34)19-7-5-4-6-18(19)21(30-31)23(33)28-27-13-20-15(2)29-32(22(20)26)14-16-8-10-17(25)11-9-16/h4-11,13H,3,12,14H2,1-2H3,(H,28,33). The Morgan fingerprint density at radius 1 is 1.06 bits per heavy atom. The minimum atomic E-state index is -0.528. The number of nitrogens with one attached hydrogen (secondary N) is 1. The van der Waals surface area contributed by atoms with Gasteiger partial charge in [-0.15, -0.1) is 0 Å². The molecule has 0 atom stereocenters. The van der Waals surface area contributed by atoms with E-state index < -0.39 is 5.91 Å². The minimum Gasteiger partial charge on any atom is -0.267 e. The molecule has 1 N–H and O–H groups in total. The third-order valence-electron chi connectivity index (χ3n) is 5.23. The SMILES string of the molecule is CCCn1nc(C(=O)NN=Cc2c(C)nn(Cc3ccc(Cl)cc3)c2Cl)c2ccccc2c1=O. The first-order chi connectivity index (χ1) is 16.4. The summed E-state index contributed by atoms with van der Waals surface area (Å²) in [5.41, 5.74) is 4.63. The van der Waals surface area contributed by atoms with Gasteiger partial charge < -0.3 is 0 Å². The van der Waals surface area contributed by atoms with Crippen molar-refractivity contribution >= 4 is 46.1 Å². The average molecular weight is 497 g/mol. The lowest BCUT2D eigenvalue weighted by molar-refractivity contribution is 0.0949. The third-order valence-corrected chi connectivity index (χ3v) is 5.88. The molecule has 2 heterocycles. The van der Waals surface area contributed by atoms with Crippen molar-refractivity contribution in [3.05, 3.63) is 91.6 Å². The van der Waals surface area contributed by atoms with E-state index in [9.17, 15) is 9.59 Å². The summed E-state index contributed by atoms with van der Waals surface area (Å²) < 4.78 is 2.96. The summed E-state index contributed by atoms with van der Waals surface area (Å²) in [4.78, 5) is 25.5. The van der Waals surface area contributed by atoms with Crippen LogP contribution in [-0.4, -0.2) is 31.7 Å². The van der Waals surface area contributed by atoms with E-state index in [1.54, 1.807) is 41.1 Å². The van der Waals surface area contributed by atoms with Gasteiger partial charge in [-0.25, -0.2) is 14.8 Å². The summed E-state index contributed by atoms with van der Waals surface area (Å²) in [6, 6.07) is 14.3. The molecule has 174 valence electrons. The molecule has 1 amide bonds. The van der Waals surface area contributed by atoms with Gasteiger partial charge in [0, 0.05) is 17.0 Å². The zero-order valence-corrected chi connectivity index (χ0v) is 20.1. The summed E-state index contributed by atoms with van der Waals surface area (Å²) >= 11 is 12.5. The molecule has 0 aliphatic heterocycles. The number of carbonyl (C=O) groups is 1. The number of rotatable bonds is 7. The number of hydrogen-bond acceptors (Lipinski definition) is 5. The summed E-state index contributed by atoms with van der Waals surface area (Å²) in [5.74, 6) is -0.528. The lowest BCUT2D eigenvalue weighted by Crippen LogP contribution is -2.29. The van der Waals surface area contributed by atoms with Crippen molar-refractivity contribution < 1.29 is 4.79 Å². The fourth-order valence-electron chi connectivity index (χ4n) is 3.56. The zero-order valence-electron chi connectivity index (χ0n) is 18.6. The normalized spacial score (nSPS) is 11.4. The molecule has 0 aliphatic carbocycles. The number of amides is 1. The number of hydrogen-bond donors (Lipinski definition) is 1. The highest BCUT2D eigenvalue weighted by atomic mass is 35.5. The molecule has 0 aliphatic rings. The van der Waals surface area contributed by atoms with E-state index in [1.165, 1.54) is 10.9 Å². The van der Waals surface area contributed by atoms with Crippen LogP contribution in [0.25, 0.3) is 10.8 Å². The van der Waals surface area contributed by atoms with Crippen molar-refractivity contribution in [1.82, 2.24) is 25.0 Å². The molecule has 2 aromatic carbocycles. The number of fused-ring (bicyclic) bond motifs is 1. The van der Waals surface area contributed by atoms with Crippen molar-refractivity contribution in [3.63, 3.8) is 0 Å². The first-order valence-electron chi connectivity index (χ1n) is 10.7. The van der Waals surface area contributed by atoms with Gasteiger partial charge in [0.1, 0.15) is 5.15 Å². The summed E-state index contributed by atoms with van der Waals surface area (Å²) in [5, 5.41) is 14.8. The molecule has 0 unspecified atom stereocenters. The Kier molecular flexibility index (Phi) is 7.09. The van der Waals surface area contributed by atoms with E-state index in [4.69, 9.17) is 23.2 Å². The lowest BCUT2D eigenvalue weighted by Gasteiger charge is -2.09. The van der Waals surface area contributed by atoms with Crippen LogP contribution in [0.2, 0.25) is 10.2 Å². The van der Waals surface area contributed by atoms with Crippen molar-refractivity contribution in [2.45, 2.75) is 33.4 Å². The van der Waals surface area contributed by atoms with Crippen molar-refractivity contribution in [2.75, 3.05) is 0 Å². The molecule has 0 bridgehead atoms. The highest BCUT2D eigenvalue weighted by Crippen LogP contribution is 2.20. The average Bonchev–Trinajstić information content (AvgIpc) is 3.09. The van der Waals surface area contributed by atoms with Crippen LogP contribution in [0.1, 0.15) is 40.7 Å². The summed E-state index contributed by atoms with van der Waals surface area (Å²) in [6.07, 6.45) is 2.16. The fraction of sp³-hybridized carbons (Fsp3) is 0.208. The Labute approximate surface area is 205 Å². The Morgan fingerprint density at radius 2 is 1.76 bits per heavy atom. The maximum atomic E-state index is 12.9. The Hall–Kier alpha value is -3.49. The third kappa shape index (κ3) is 4.88. The Bertz CT molecular complexity index is 1440. The van der Waals surface area contributed by atoms with Gasteiger partial charge in [-0.1, -0.05) is 60.5 Å². The van der Waals surface area contributed by atoms with Crippen LogP contribution in [-0.2, 0) is 13.1 Å². The molecule has 10 heteroatoms. The maximum absolute atomic E-state index is 12.9. The second-order valence-corrected chi connectivity index (χ2v) is 8.49. The predicted octanol–water partition coefficient (Wildman–Crippen LogP) is 4.43. The van der Waals surface area contributed by atoms with E-state index in [2.05, 4.69) is 20.7 Å². The van der Waals surface area contributed by atoms with E-state index >= 15 is 0 Å². The largest absolute Gasteiger partial charge is 0.292 e. The van der Waals surface area contributed by atoms with Crippen LogP contribution in [0.5, 0.6) is 0 Å². The molecule has 0 radical (unpaired) electrons. The van der Waals surface area contributed by atoms with Crippen LogP contribution >= 0.6 is 23.2 Å². The smallest absolute Gasteiger partial charge is 0.267 e. The lowest BCUT2D eigenvalue weighted by atomic mass is 10.1. The van der Waals surface area contributed by atoms with Crippen LogP contribution in [0.3, 0.4) is 0 Å². The molecule has 8 nitrogen and oxygen atoms in total. The van der Waals surface area contributed by atoms with Gasteiger partial charge in [0.2, 0.25) is 0 Å². The summed E-state index contributed by atoms with van der Waals surface area (Å²) in [6.45, 7) is 4.62. The quantitative estimate of drug-likeness (QED) is 0.302. The molecule has 0 spiro atoms. The van der Waals surface area contributed by atoms with E-state index in [0.717, 1.165) is 5.56 Å². The number of aromatic nitrogens is 4. The van der Waals surface area contributed by atoms with Gasteiger partial charge in [0.05, 0.1) is 29.4 Å². The van der Waals surface area contributed by atoms with Crippen LogP contribution in [0, 0.1) is 6.92 Å². The van der Waals surface area contributed by atoms with Gasteiger partial charge in [0.15, 0.2) is 5.69 Å². The maximum Gasteiger partial charge on any atom is 0.292 e. The van der Waals surface area contributed by atoms with Gasteiger partial charge in [-0.3, -0.25) is 9.59 Å². The van der Waals surface area contributed by atoms with Gasteiger partial charge in [0.25, 0.3) is 11.5 Å². The summed E-state index contributed by atoms with van der Waals surface area (Å²) in [7, 11) is 0. The number of benzene rings is 2. The molecule has 2 aromatic heterocycles. The van der Waals surface area contributed by atoms with Gasteiger partial charge in [-0.05, 0) is 37.1 Å². The number of halogens is 2. The Morgan fingerprint density at radius 3 is 2.47 bits per heavy atom. The topological polar surface area (TPSA) is 94.2 Å². The Balaban J connectivity index is 1.56. The highest BCUT2D eigenvalue weighted by molar-refractivity contribution is 6.32. The van der Waals surface area contributed by atoms with Gasteiger partial charge >= 0.3 is 0 Å². The molecule has 4 aromatic rings. The van der Waals surface area contributed by atoms with Crippen LogP contribution in [0.4, 0.5) is 0 Å². The zero-order chi connectivity index (χ0) is 24.2. The van der Waals surface area contributed by atoms with Crippen molar-refractivity contribution in [1.29, 1.82) is 0 Å². The first kappa shape index (κ1) is 23.7. The van der Waals surface area contributed by atoms with E-state index in [-0.39, 0.29) is 11.3 Å². The van der Waals surface area contributed by atoms with Gasteiger partial charge in [-0.2, -0.15) is 15.3 Å². The molecular formula is C24H22Cl2N6O2. The molecule has 0 saturated heterocycles. The molecule has 0 fully saturated rings. The molecule has 4 rings (SSSR count). The van der Waals surface area contributed by atoms with E-state index in [1.807, 2.05) is 26.0 Å². The molecular weight excluding hydrogens is 475 g/mol. The highest BCUT2D eigenvalue weighted by Gasteiger charge is 2.17. The van der Waals surface area contributed by atoms with Crippen molar-refractivity contribution in [3.8, 4) is 0 Å².